The maximum absolute atomic E-state index is 10.3. The predicted molar refractivity (Wildman–Crippen MR) is 118 cm³/mol. The van der Waals surface area contributed by atoms with E-state index in [0.29, 0.717) is 13.2 Å². The number of aliphatic hydroxyl groups is 1. The van der Waals surface area contributed by atoms with Gasteiger partial charge < -0.3 is 19.9 Å². The van der Waals surface area contributed by atoms with Crippen molar-refractivity contribution in [2.45, 2.75) is 72.8 Å². The Kier molecular flexibility index (Phi) is 9.52. The molecule has 160 valence electrons. The van der Waals surface area contributed by atoms with Gasteiger partial charge in [0.1, 0.15) is 24.7 Å². The van der Waals surface area contributed by atoms with E-state index in [1.807, 2.05) is 40.8 Å². The number of ether oxygens (including phenoxy) is 2. The van der Waals surface area contributed by atoms with E-state index in [-0.39, 0.29) is 10.8 Å². The van der Waals surface area contributed by atoms with E-state index >= 15 is 0 Å². The highest BCUT2D eigenvalue weighted by molar-refractivity contribution is 5.42. The van der Waals surface area contributed by atoms with E-state index in [4.69, 9.17) is 9.47 Å². The van der Waals surface area contributed by atoms with Crippen molar-refractivity contribution in [2.75, 3.05) is 26.8 Å². The van der Waals surface area contributed by atoms with E-state index in [1.165, 1.54) is 5.56 Å². The largest absolute Gasteiger partial charge is 0.496 e. The molecular formula is C24H41NO3. The van der Waals surface area contributed by atoms with Crippen LogP contribution < -0.4 is 10.1 Å². The highest BCUT2D eigenvalue weighted by atomic mass is 16.5. The number of allylic oxidation sites excluding steroid dienone is 2. The lowest BCUT2D eigenvalue weighted by Gasteiger charge is -2.35. The number of aliphatic hydroxyl groups excluding tert-OH is 1. The van der Waals surface area contributed by atoms with Gasteiger partial charge in [-0.2, -0.15) is 0 Å². The van der Waals surface area contributed by atoms with E-state index in [9.17, 15) is 5.11 Å². The number of aryl methyl sites for hydroxylation is 1. The average Bonchev–Trinajstić information content (AvgIpc) is 2.66. The number of nitrogens with one attached hydrogen (secondary N) is 1. The number of rotatable bonds is 11. The van der Waals surface area contributed by atoms with Crippen molar-refractivity contribution in [2.24, 2.45) is 5.41 Å². The van der Waals surface area contributed by atoms with Crippen LogP contribution in [0.25, 0.3) is 0 Å². The Balaban J connectivity index is 3.09. The molecule has 0 bridgehead atoms. The van der Waals surface area contributed by atoms with E-state index in [0.717, 1.165) is 36.5 Å². The molecule has 4 nitrogen and oxygen atoms in total. The molecule has 0 heterocycles. The summed E-state index contributed by atoms with van der Waals surface area (Å²) in [6.07, 6.45) is 3.52. The van der Waals surface area contributed by atoms with Crippen molar-refractivity contribution >= 4 is 0 Å². The Hall–Kier alpha value is -1.52. The second kappa shape index (κ2) is 10.9. The molecule has 0 fully saturated rings. The minimum atomic E-state index is -0.507. The fourth-order valence-electron chi connectivity index (χ4n) is 3.44. The molecule has 1 aromatic carbocycles. The lowest BCUT2D eigenvalue weighted by atomic mass is 9.73. The van der Waals surface area contributed by atoms with Gasteiger partial charge >= 0.3 is 0 Å². The lowest BCUT2D eigenvalue weighted by Crippen LogP contribution is -2.32. The summed E-state index contributed by atoms with van der Waals surface area (Å²) in [5.41, 5.74) is 1.99. The quantitative estimate of drug-likeness (QED) is 0.413. The van der Waals surface area contributed by atoms with Crippen LogP contribution in [0.5, 0.6) is 5.75 Å². The smallest absolute Gasteiger partial charge is 0.122 e. The third-order valence-corrected chi connectivity index (χ3v) is 5.67. The minimum absolute atomic E-state index is 0.142. The van der Waals surface area contributed by atoms with Gasteiger partial charge in [0.25, 0.3) is 0 Å². The summed E-state index contributed by atoms with van der Waals surface area (Å²) in [6.45, 7) is 16.4. The highest BCUT2D eigenvalue weighted by Crippen LogP contribution is 2.41. The van der Waals surface area contributed by atoms with Gasteiger partial charge in [0, 0.05) is 6.54 Å². The summed E-state index contributed by atoms with van der Waals surface area (Å²) < 4.78 is 12.1. The van der Waals surface area contributed by atoms with Crippen molar-refractivity contribution in [3.8, 4) is 5.75 Å². The standard InChI is InChI=1S/C24H41NO3/c1-9-22(27-15-14-25-8)24(10-2,11-3)19-12-13-20(18(4)16-19)28-17-21(26)23(5,6)7/h9,12-13,16,21,25-26H,10-11,14-15,17H2,1-8H3/b22-9-. The zero-order valence-corrected chi connectivity index (χ0v) is 19.2. The molecule has 1 rings (SSSR count). The lowest BCUT2D eigenvalue weighted by molar-refractivity contribution is 0.0216. The van der Waals surface area contributed by atoms with Crippen molar-refractivity contribution < 1.29 is 14.6 Å². The molecule has 4 heteroatoms. The van der Waals surface area contributed by atoms with Gasteiger partial charge in [-0.15, -0.1) is 0 Å². The highest BCUT2D eigenvalue weighted by Gasteiger charge is 2.34. The maximum atomic E-state index is 10.3. The average molecular weight is 392 g/mol. The monoisotopic (exact) mass is 391 g/mol. The second-order valence-electron chi connectivity index (χ2n) is 8.57. The summed E-state index contributed by atoms with van der Waals surface area (Å²) in [7, 11) is 1.93. The number of hydrogen-bond donors (Lipinski definition) is 2. The molecule has 0 aliphatic heterocycles. The Morgan fingerprint density at radius 2 is 1.86 bits per heavy atom. The number of benzene rings is 1. The molecular weight excluding hydrogens is 350 g/mol. The van der Waals surface area contributed by atoms with Crippen LogP contribution in [0.4, 0.5) is 0 Å². The molecule has 0 aromatic heterocycles. The molecule has 0 radical (unpaired) electrons. The Morgan fingerprint density at radius 3 is 2.32 bits per heavy atom. The third kappa shape index (κ3) is 5.99. The van der Waals surface area contributed by atoms with Gasteiger partial charge in [0.2, 0.25) is 0 Å². The van der Waals surface area contributed by atoms with E-state index in [2.05, 4.69) is 44.3 Å². The third-order valence-electron chi connectivity index (χ3n) is 5.67. The van der Waals surface area contributed by atoms with Gasteiger partial charge in [0.15, 0.2) is 0 Å². The van der Waals surface area contributed by atoms with Gasteiger partial charge in [-0.1, -0.05) is 46.8 Å². The number of likely N-dealkylation sites (N-methyl/N-ethyl adjacent to an activating group) is 1. The van der Waals surface area contributed by atoms with Crippen molar-refractivity contribution in [3.05, 3.63) is 41.2 Å². The normalized spacial score (nSPS) is 14.1. The molecule has 0 saturated carbocycles. The molecule has 0 amide bonds. The van der Waals surface area contributed by atoms with Crippen LogP contribution in [-0.4, -0.2) is 38.0 Å². The van der Waals surface area contributed by atoms with Crippen molar-refractivity contribution in [1.29, 1.82) is 0 Å². The molecule has 2 N–H and O–H groups in total. The summed E-state index contributed by atoms with van der Waals surface area (Å²) in [4.78, 5) is 0. The van der Waals surface area contributed by atoms with E-state index in [1.54, 1.807) is 0 Å². The summed E-state index contributed by atoms with van der Waals surface area (Å²) in [5.74, 6) is 1.86. The maximum Gasteiger partial charge on any atom is 0.122 e. The summed E-state index contributed by atoms with van der Waals surface area (Å²) in [6, 6.07) is 6.38. The molecule has 0 aliphatic rings. The fraction of sp³-hybridized carbons (Fsp3) is 0.667. The molecule has 0 saturated heterocycles. The molecule has 1 aromatic rings. The molecule has 28 heavy (non-hydrogen) atoms. The van der Waals surface area contributed by atoms with Crippen LogP contribution >= 0.6 is 0 Å². The first-order chi connectivity index (χ1) is 13.2. The second-order valence-corrected chi connectivity index (χ2v) is 8.57. The van der Waals surface area contributed by atoms with Crippen LogP contribution in [0.3, 0.4) is 0 Å². The van der Waals surface area contributed by atoms with Gasteiger partial charge in [-0.3, -0.25) is 0 Å². The zero-order chi connectivity index (χ0) is 21.4. The summed E-state index contributed by atoms with van der Waals surface area (Å²) in [5, 5.41) is 13.4. The SMILES string of the molecule is C/C=C(\OCCNC)C(CC)(CC)c1ccc(OCC(O)C(C)(C)C)c(C)c1. The first kappa shape index (κ1) is 24.5. The van der Waals surface area contributed by atoms with Gasteiger partial charge in [-0.05, 0) is 62.4 Å². The predicted octanol–water partition coefficient (Wildman–Crippen LogP) is 4.98. The van der Waals surface area contributed by atoms with E-state index < -0.39 is 6.10 Å². The van der Waals surface area contributed by atoms with Crippen molar-refractivity contribution in [3.63, 3.8) is 0 Å². The number of hydrogen-bond acceptors (Lipinski definition) is 4. The topological polar surface area (TPSA) is 50.7 Å². The van der Waals surface area contributed by atoms with Crippen LogP contribution in [0, 0.1) is 12.3 Å². The zero-order valence-electron chi connectivity index (χ0n) is 19.2. The molecule has 1 atom stereocenters. The fourth-order valence-corrected chi connectivity index (χ4v) is 3.44. The van der Waals surface area contributed by atoms with Crippen LogP contribution in [0.2, 0.25) is 0 Å². The molecule has 0 aliphatic carbocycles. The van der Waals surface area contributed by atoms with Crippen LogP contribution in [0.15, 0.2) is 30.0 Å². The first-order valence-corrected chi connectivity index (χ1v) is 10.5. The Bertz CT molecular complexity index is 627. The van der Waals surface area contributed by atoms with Crippen LogP contribution in [-0.2, 0) is 10.2 Å². The molecule has 1 unspecified atom stereocenters. The van der Waals surface area contributed by atoms with Crippen molar-refractivity contribution in [1.82, 2.24) is 5.32 Å². The first-order valence-electron chi connectivity index (χ1n) is 10.5. The van der Waals surface area contributed by atoms with Gasteiger partial charge in [0.05, 0.1) is 11.5 Å². The Labute approximate surface area is 172 Å². The minimum Gasteiger partial charge on any atom is -0.496 e. The Morgan fingerprint density at radius 1 is 1.21 bits per heavy atom. The van der Waals surface area contributed by atoms with Crippen LogP contribution in [0.1, 0.15) is 65.5 Å². The summed E-state index contributed by atoms with van der Waals surface area (Å²) >= 11 is 0. The van der Waals surface area contributed by atoms with Gasteiger partial charge in [-0.25, -0.2) is 0 Å². The molecule has 0 spiro atoms.